The van der Waals surface area contributed by atoms with Crippen molar-refractivity contribution in [2.24, 2.45) is 5.92 Å². The number of unbranched alkanes of at least 4 members (excludes halogenated alkanes) is 3. The minimum atomic E-state index is -1.61. The van der Waals surface area contributed by atoms with Crippen LogP contribution >= 0.6 is 0 Å². The summed E-state index contributed by atoms with van der Waals surface area (Å²) in [6.07, 6.45) is 8.44. The third-order valence-corrected chi connectivity index (χ3v) is 10.1. The summed E-state index contributed by atoms with van der Waals surface area (Å²) in [7, 11) is -1.61. The quantitative estimate of drug-likeness (QED) is 0.258. The zero-order valence-electron chi connectivity index (χ0n) is 17.9. The van der Waals surface area contributed by atoms with E-state index in [9.17, 15) is 9.90 Å². The Labute approximate surface area is 167 Å². The lowest BCUT2D eigenvalue weighted by atomic mass is 9.95. The number of para-hydroxylation sites is 1. The third-order valence-electron chi connectivity index (χ3n) is 5.77. The maximum absolute atomic E-state index is 12.1. The van der Waals surface area contributed by atoms with Crippen molar-refractivity contribution in [3.63, 3.8) is 0 Å². The van der Waals surface area contributed by atoms with Gasteiger partial charge in [-0.3, -0.25) is 4.79 Å². The van der Waals surface area contributed by atoms with E-state index in [4.69, 9.17) is 4.74 Å². The summed E-state index contributed by atoms with van der Waals surface area (Å²) in [5.74, 6) is 0.123. The van der Waals surface area contributed by atoms with Crippen molar-refractivity contribution < 1.29 is 14.6 Å². The average molecular weight is 393 g/mol. The normalized spacial score (nSPS) is 13.9. The van der Waals surface area contributed by atoms with E-state index in [1.165, 1.54) is 18.9 Å². The van der Waals surface area contributed by atoms with Crippen molar-refractivity contribution in [1.29, 1.82) is 0 Å². The monoisotopic (exact) mass is 392 g/mol. The van der Waals surface area contributed by atoms with Gasteiger partial charge in [-0.2, -0.15) is 0 Å². The van der Waals surface area contributed by atoms with Crippen molar-refractivity contribution in [3.05, 3.63) is 30.3 Å². The van der Waals surface area contributed by atoms with Gasteiger partial charge in [-0.1, -0.05) is 83.3 Å². The zero-order valence-corrected chi connectivity index (χ0v) is 18.9. The lowest BCUT2D eigenvalue weighted by Crippen LogP contribution is -2.39. The van der Waals surface area contributed by atoms with Gasteiger partial charge in [-0.05, 0) is 36.9 Å². The van der Waals surface area contributed by atoms with Crippen molar-refractivity contribution in [3.8, 4) is 5.75 Å². The Bertz CT molecular complexity index is 516. The number of ether oxygens (including phenoxy) is 1. The van der Waals surface area contributed by atoms with E-state index in [2.05, 4.69) is 26.9 Å². The van der Waals surface area contributed by atoms with Gasteiger partial charge in [0.25, 0.3) is 0 Å². The van der Waals surface area contributed by atoms with E-state index < -0.39 is 14.0 Å². The van der Waals surface area contributed by atoms with Crippen LogP contribution in [0.3, 0.4) is 0 Å². The van der Waals surface area contributed by atoms with Gasteiger partial charge in [-0.25, -0.2) is 0 Å². The smallest absolute Gasteiger partial charge is 0.306 e. The molecular formula is C23H40O3Si. The largest absolute Gasteiger partial charge is 0.494 e. The highest BCUT2D eigenvalue weighted by molar-refractivity contribution is 6.79. The average Bonchev–Trinajstić information content (AvgIpc) is 2.65. The first-order chi connectivity index (χ1) is 12.9. The van der Waals surface area contributed by atoms with E-state index in [1.54, 1.807) is 0 Å². The SMILES string of the molecule is CCCCCC(C(=O)O)C(CCCOc1ccccc1)[Si](C)(C)CCCC. The molecule has 0 amide bonds. The third kappa shape index (κ3) is 8.96. The fourth-order valence-corrected chi connectivity index (χ4v) is 8.10. The molecule has 0 saturated carbocycles. The number of carboxylic acids is 1. The molecule has 2 unspecified atom stereocenters. The summed E-state index contributed by atoms with van der Waals surface area (Å²) < 4.78 is 5.86. The first kappa shape index (κ1) is 23.7. The first-order valence-corrected chi connectivity index (χ1v) is 14.1. The van der Waals surface area contributed by atoms with Crippen molar-refractivity contribution in [1.82, 2.24) is 0 Å². The molecule has 0 heterocycles. The van der Waals surface area contributed by atoms with E-state index >= 15 is 0 Å². The van der Waals surface area contributed by atoms with Crippen LogP contribution in [0, 0.1) is 5.92 Å². The predicted octanol–water partition coefficient (Wildman–Crippen LogP) is 7.01. The number of hydrogen-bond donors (Lipinski definition) is 1. The van der Waals surface area contributed by atoms with Crippen LogP contribution in [0.25, 0.3) is 0 Å². The summed E-state index contributed by atoms with van der Waals surface area (Å²) in [6, 6.07) is 11.1. The summed E-state index contributed by atoms with van der Waals surface area (Å²) in [5, 5.41) is 9.96. The molecule has 4 heteroatoms. The van der Waals surface area contributed by atoms with Gasteiger partial charge in [0.15, 0.2) is 0 Å². The summed E-state index contributed by atoms with van der Waals surface area (Å²) >= 11 is 0. The number of benzene rings is 1. The highest BCUT2D eigenvalue weighted by atomic mass is 28.3. The topological polar surface area (TPSA) is 46.5 Å². The number of aliphatic carboxylic acids is 1. The Kier molecular flexibility index (Phi) is 11.4. The van der Waals surface area contributed by atoms with Gasteiger partial charge >= 0.3 is 5.97 Å². The molecule has 0 aliphatic carbocycles. The molecule has 0 radical (unpaired) electrons. The number of carbonyl (C=O) groups is 1. The van der Waals surface area contributed by atoms with Gasteiger partial charge in [0.2, 0.25) is 0 Å². The molecule has 1 aromatic carbocycles. The fraction of sp³-hybridized carbons (Fsp3) is 0.696. The maximum Gasteiger partial charge on any atom is 0.306 e. The Morgan fingerprint density at radius 3 is 2.26 bits per heavy atom. The summed E-state index contributed by atoms with van der Waals surface area (Å²) in [6.45, 7) is 9.87. The minimum Gasteiger partial charge on any atom is -0.494 e. The molecule has 0 aliphatic rings. The Hall–Kier alpha value is -1.29. The molecule has 2 atom stereocenters. The lowest BCUT2D eigenvalue weighted by Gasteiger charge is -2.37. The second-order valence-electron chi connectivity index (χ2n) is 8.44. The van der Waals surface area contributed by atoms with Crippen LogP contribution in [0.4, 0.5) is 0 Å². The van der Waals surface area contributed by atoms with Gasteiger partial charge in [0.1, 0.15) is 5.75 Å². The highest BCUT2D eigenvalue weighted by Crippen LogP contribution is 2.40. The Morgan fingerprint density at radius 2 is 1.67 bits per heavy atom. The van der Waals surface area contributed by atoms with Crippen LogP contribution in [0.15, 0.2) is 30.3 Å². The van der Waals surface area contributed by atoms with E-state index in [0.29, 0.717) is 12.1 Å². The molecule has 0 spiro atoms. The Balaban J connectivity index is 2.74. The van der Waals surface area contributed by atoms with E-state index in [-0.39, 0.29) is 5.92 Å². The summed E-state index contributed by atoms with van der Waals surface area (Å²) in [5.41, 5.74) is 0.331. The van der Waals surface area contributed by atoms with Crippen LogP contribution in [0.5, 0.6) is 5.75 Å². The van der Waals surface area contributed by atoms with Gasteiger partial charge in [0, 0.05) is 0 Å². The van der Waals surface area contributed by atoms with Crippen molar-refractivity contribution in [2.45, 2.75) is 89.9 Å². The molecule has 27 heavy (non-hydrogen) atoms. The van der Waals surface area contributed by atoms with Gasteiger partial charge in [0.05, 0.1) is 20.6 Å². The van der Waals surface area contributed by atoms with Gasteiger partial charge < -0.3 is 9.84 Å². The summed E-state index contributed by atoms with van der Waals surface area (Å²) in [4.78, 5) is 12.1. The van der Waals surface area contributed by atoms with Gasteiger partial charge in [-0.15, -0.1) is 0 Å². The first-order valence-electron chi connectivity index (χ1n) is 10.8. The lowest BCUT2D eigenvalue weighted by molar-refractivity contribution is -0.142. The van der Waals surface area contributed by atoms with Crippen LogP contribution in [-0.2, 0) is 4.79 Å². The molecule has 0 saturated heterocycles. The highest BCUT2D eigenvalue weighted by Gasteiger charge is 2.39. The molecule has 0 aliphatic heterocycles. The maximum atomic E-state index is 12.1. The van der Waals surface area contributed by atoms with Crippen LogP contribution < -0.4 is 4.74 Å². The molecule has 1 aromatic rings. The predicted molar refractivity (Wildman–Crippen MR) is 117 cm³/mol. The van der Waals surface area contributed by atoms with E-state index in [0.717, 1.165) is 44.3 Å². The van der Waals surface area contributed by atoms with Crippen LogP contribution in [-0.4, -0.2) is 25.8 Å². The number of rotatable bonds is 15. The van der Waals surface area contributed by atoms with E-state index in [1.807, 2.05) is 30.3 Å². The number of carboxylic acid groups (broad SMARTS) is 1. The molecule has 154 valence electrons. The standard InChI is InChI=1S/C23H40O3Si/c1-5-7-10-16-21(23(24)25)22(27(3,4)19-8-6-2)17-13-18-26-20-14-11-9-12-15-20/h9,11-12,14-15,21-22H,5-8,10,13,16-19H2,1-4H3,(H,24,25). The second kappa shape index (κ2) is 13.0. The molecule has 0 aromatic heterocycles. The molecule has 0 fully saturated rings. The van der Waals surface area contributed by atoms with Crippen LogP contribution in [0.2, 0.25) is 24.7 Å². The second-order valence-corrected chi connectivity index (χ2v) is 13.7. The molecular weight excluding hydrogens is 352 g/mol. The fourth-order valence-electron chi connectivity index (χ4n) is 4.08. The molecule has 0 bridgehead atoms. The Morgan fingerprint density at radius 1 is 1.00 bits per heavy atom. The minimum absolute atomic E-state index is 0.188. The molecule has 1 N–H and O–H groups in total. The molecule has 1 rings (SSSR count). The van der Waals surface area contributed by atoms with Crippen molar-refractivity contribution in [2.75, 3.05) is 6.61 Å². The zero-order chi connectivity index (χ0) is 20.1. The number of hydrogen-bond acceptors (Lipinski definition) is 2. The molecule has 3 nitrogen and oxygen atoms in total. The van der Waals surface area contributed by atoms with Crippen molar-refractivity contribution >= 4 is 14.0 Å². The van der Waals surface area contributed by atoms with Crippen LogP contribution in [0.1, 0.15) is 65.2 Å².